The molecule has 1 saturated heterocycles. The zero-order valence-corrected chi connectivity index (χ0v) is 11.0. The summed E-state index contributed by atoms with van der Waals surface area (Å²) in [7, 11) is 1.17. The Kier molecular flexibility index (Phi) is 6.76. The van der Waals surface area contributed by atoms with Gasteiger partial charge in [0, 0.05) is 0 Å². The lowest BCUT2D eigenvalue weighted by atomic mass is 9.99. The number of rotatable bonds is 6. The van der Waals surface area contributed by atoms with Crippen LogP contribution >= 0.6 is 0 Å². The van der Waals surface area contributed by atoms with Gasteiger partial charge in [0.2, 0.25) is 0 Å². The molecule has 1 heterocycles. The average Bonchev–Trinajstić information content (AvgIpc) is 2.46. The van der Waals surface area contributed by atoms with Gasteiger partial charge in [-0.3, -0.25) is 4.79 Å². The maximum absolute atomic E-state index is 11.1. The first-order valence-electron chi connectivity index (χ1n) is 6.08. The topological polar surface area (TPSA) is 146 Å². The Morgan fingerprint density at radius 2 is 1.85 bits per heavy atom. The fraction of sp³-hybridized carbons (Fsp3) is 0.909. The summed E-state index contributed by atoms with van der Waals surface area (Å²) in [6.07, 6.45) is -8.46. The summed E-state index contributed by atoms with van der Waals surface area (Å²) in [5.74, 6) is -0.631. The SMILES string of the molecule is COC(=O)CC(CO)OC1OC(CO)C(O)C(O)C1O. The molecule has 118 valence electrons. The van der Waals surface area contributed by atoms with E-state index in [1.54, 1.807) is 0 Å². The zero-order chi connectivity index (χ0) is 15.3. The molecule has 0 bridgehead atoms. The second kappa shape index (κ2) is 7.84. The van der Waals surface area contributed by atoms with Crippen LogP contribution < -0.4 is 0 Å². The van der Waals surface area contributed by atoms with Crippen molar-refractivity contribution in [3.05, 3.63) is 0 Å². The highest BCUT2D eigenvalue weighted by molar-refractivity contribution is 5.69. The maximum Gasteiger partial charge on any atom is 0.308 e. The summed E-state index contributed by atoms with van der Waals surface area (Å²) in [5.41, 5.74) is 0. The molecule has 0 aromatic carbocycles. The van der Waals surface area contributed by atoms with E-state index < -0.39 is 56.0 Å². The van der Waals surface area contributed by atoms with E-state index in [-0.39, 0.29) is 6.42 Å². The van der Waals surface area contributed by atoms with E-state index in [0.717, 1.165) is 0 Å². The van der Waals surface area contributed by atoms with Gasteiger partial charge >= 0.3 is 5.97 Å². The third kappa shape index (κ3) is 4.09. The minimum Gasteiger partial charge on any atom is -0.469 e. The van der Waals surface area contributed by atoms with Crippen molar-refractivity contribution in [2.45, 2.75) is 43.2 Å². The van der Waals surface area contributed by atoms with E-state index >= 15 is 0 Å². The quantitative estimate of drug-likeness (QED) is 0.318. The highest BCUT2D eigenvalue weighted by Crippen LogP contribution is 2.23. The third-order valence-electron chi connectivity index (χ3n) is 3.00. The van der Waals surface area contributed by atoms with Crippen molar-refractivity contribution in [2.75, 3.05) is 20.3 Å². The molecule has 0 aromatic rings. The lowest BCUT2D eigenvalue weighted by Crippen LogP contribution is -2.59. The Labute approximate surface area is 115 Å². The zero-order valence-electron chi connectivity index (χ0n) is 11.0. The molecule has 6 atom stereocenters. The van der Waals surface area contributed by atoms with Gasteiger partial charge in [0.15, 0.2) is 6.29 Å². The molecule has 9 heteroatoms. The van der Waals surface area contributed by atoms with Crippen LogP contribution in [0.2, 0.25) is 0 Å². The van der Waals surface area contributed by atoms with Crippen molar-refractivity contribution in [1.82, 2.24) is 0 Å². The van der Waals surface area contributed by atoms with Crippen molar-refractivity contribution in [1.29, 1.82) is 0 Å². The van der Waals surface area contributed by atoms with Crippen LogP contribution in [0, 0.1) is 0 Å². The summed E-state index contributed by atoms with van der Waals surface area (Å²) in [4.78, 5) is 11.1. The number of esters is 1. The van der Waals surface area contributed by atoms with Gasteiger partial charge in [0.05, 0.1) is 32.8 Å². The molecule has 1 aliphatic heterocycles. The van der Waals surface area contributed by atoms with E-state index in [1.807, 2.05) is 0 Å². The average molecular weight is 296 g/mol. The minimum absolute atomic E-state index is 0.276. The minimum atomic E-state index is -1.58. The number of hydrogen-bond donors (Lipinski definition) is 5. The van der Waals surface area contributed by atoms with Gasteiger partial charge < -0.3 is 39.7 Å². The Balaban J connectivity index is 2.66. The molecule has 0 saturated carbocycles. The maximum atomic E-state index is 11.1. The molecular formula is C11H20O9. The summed E-state index contributed by atoms with van der Waals surface area (Å²) in [6.45, 7) is -1.13. The van der Waals surface area contributed by atoms with Crippen molar-refractivity contribution in [2.24, 2.45) is 0 Å². The van der Waals surface area contributed by atoms with Gasteiger partial charge in [-0.05, 0) is 0 Å². The van der Waals surface area contributed by atoms with Gasteiger partial charge in [-0.25, -0.2) is 0 Å². The Bertz CT molecular complexity index is 308. The summed E-state index contributed by atoms with van der Waals surface area (Å²) in [5, 5.41) is 46.9. The molecule has 0 amide bonds. The summed E-state index contributed by atoms with van der Waals surface area (Å²) < 4.78 is 14.7. The van der Waals surface area contributed by atoms with Crippen LogP contribution in [-0.2, 0) is 19.0 Å². The molecule has 20 heavy (non-hydrogen) atoms. The highest BCUT2D eigenvalue weighted by Gasteiger charge is 2.44. The Morgan fingerprint density at radius 1 is 1.20 bits per heavy atom. The summed E-state index contributed by atoms with van der Waals surface area (Å²) >= 11 is 0. The van der Waals surface area contributed by atoms with E-state index in [4.69, 9.17) is 19.7 Å². The van der Waals surface area contributed by atoms with Gasteiger partial charge in [0.1, 0.15) is 24.4 Å². The third-order valence-corrected chi connectivity index (χ3v) is 3.00. The molecule has 5 N–H and O–H groups in total. The fourth-order valence-electron chi connectivity index (χ4n) is 1.79. The van der Waals surface area contributed by atoms with E-state index in [1.165, 1.54) is 7.11 Å². The molecular weight excluding hydrogens is 276 g/mol. The number of hydrogen-bond acceptors (Lipinski definition) is 9. The van der Waals surface area contributed by atoms with Crippen molar-refractivity contribution in [3.63, 3.8) is 0 Å². The second-order valence-electron chi connectivity index (χ2n) is 4.42. The molecule has 1 aliphatic rings. The van der Waals surface area contributed by atoms with Gasteiger partial charge in [0.25, 0.3) is 0 Å². The Hall–Kier alpha value is -0.810. The first-order chi connectivity index (χ1) is 9.44. The van der Waals surface area contributed by atoms with Crippen LogP contribution in [0.5, 0.6) is 0 Å². The van der Waals surface area contributed by atoms with Gasteiger partial charge in [-0.15, -0.1) is 0 Å². The first-order valence-corrected chi connectivity index (χ1v) is 6.08. The predicted octanol–water partition coefficient (Wildman–Crippen LogP) is -3.27. The molecule has 0 radical (unpaired) electrons. The van der Waals surface area contributed by atoms with E-state index in [9.17, 15) is 20.1 Å². The normalized spacial score (nSPS) is 35.6. The smallest absolute Gasteiger partial charge is 0.308 e. The van der Waals surface area contributed by atoms with Crippen LogP contribution in [0.25, 0.3) is 0 Å². The molecule has 0 spiro atoms. The number of aliphatic hydroxyl groups is 5. The lowest BCUT2D eigenvalue weighted by Gasteiger charge is -2.40. The van der Waals surface area contributed by atoms with Crippen molar-refractivity contribution >= 4 is 5.97 Å². The van der Waals surface area contributed by atoms with Crippen LogP contribution in [-0.4, -0.2) is 88.6 Å². The van der Waals surface area contributed by atoms with Gasteiger partial charge in [-0.2, -0.15) is 0 Å². The molecule has 1 fully saturated rings. The van der Waals surface area contributed by atoms with Crippen molar-refractivity contribution in [3.8, 4) is 0 Å². The van der Waals surface area contributed by atoms with Crippen LogP contribution in [0.3, 0.4) is 0 Å². The second-order valence-corrected chi connectivity index (χ2v) is 4.42. The fourth-order valence-corrected chi connectivity index (χ4v) is 1.79. The first kappa shape index (κ1) is 17.2. The van der Waals surface area contributed by atoms with Gasteiger partial charge in [-0.1, -0.05) is 0 Å². The number of methoxy groups -OCH3 is 1. The molecule has 0 aromatic heterocycles. The highest BCUT2D eigenvalue weighted by atomic mass is 16.7. The number of carbonyl (C=O) groups excluding carboxylic acids is 1. The van der Waals surface area contributed by atoms with E-state index in [2.05, 4.69) is 4.74 Å². The number of ether oxygens (including phenoxy) is 3. The van der Waals surface area contributed by atoms with Crippen LogP contribution in [0.4, 0.5) is 0 Å². The van der Waals surface area contributed by atoms with Crippen LogP contribution in [0.15, 0.2) is 0 Å². The molecule has 6 unspecified atom stereocenters. The van der Waals surface area contributed by atoms with Crippen LogP contribution in [0.1, 0.15) is 6.42 Å². The molecule has 9 nitrogen and oxygen atoms in total. The largest absolute Gasteiger partial charge is 0.469 e. The predicted molar refractivity (Wildman–Crippen MR) is 62.4 cm³/mol. The van der Waals surface area contributed by atoms with E-state index in [0.29, 0.717) is 0 Å². The summed E-state index contributed by atoms with van der Waals surface area (Å²) in [6, 6.07) is 0. The Morgan fingerprint density at radius 3 is 2.35 bits per heavy atom. The monoisotopic (exact) mass is 296 g/mol. The standard InChI is InChI=1S/C11H20O9/c1-18-7(14)2-5(3-12)19-11-10(17)9(16)8(15)6(4-13)20-11/h5-6,8-13,15-17H,2-4H2,1H3. The van der Waals surface area contributed by atoms with Crippen molar-refractivity contribution < 1.29 is 44.5 Å². The lowest BCUT2D eigenvalue weighted by molar-refractivity contribution is -0.313. The number of aliphatic hydroxyl groups excluding tert-OH is 5. The molecule has 1 rings (SSSR count). The number of carbonyl (C=O) groups is 1. The molecule has 0 aliphatic carbocycles.